The third kappa shape index (κ3) is 9.10. The van der Waals surface area contributed by atoms with Gasteiger partial charge in [-0.15, -0.1) is 0 Å². The van der Waals surface area contributed by atoms with Crippen LogP contribution in [0.15, 0.2) is 29.3 Å². The van der Waals surface area contributed by atoms with Gasteiger partial charge in [-0.2, -0.15) is 0 Å². The van der Waals surface area contributed by atoms with Crippen LogP contribution in [0.25, 0.3) is 0 Å². The summed E-state index contributed by atoms with van der Waals surface area (Å²) in [6.45, 7) is 10.4. The summed E-state index contributed by atoms with van der Waals surface area (Å²) in [5.74, 6) is 0.745. The van der Waals surface area contributed by atoms with Crippen LogP contribution in [-0.4, -0.2) is 44.7 Å². The normalized spacial score (nSPS) is 11.2. The molecule has 0 aliphatic heterocycles. The fourth-order valence-electron chi connectivity index (χ4n) is 2.27. The molecule has 1 aromatic carbocycles. The molecule has 0 spiro atoms. The summed E-state index contributed by atoms with van der Waals surface area (Å²) in [5, 5.41) is 9.38. The second-order valence-corrected chi connectivity index (χ2v) is 5.59. The van der Waals surface area contributed by atoms with Crippen molar-refractivity contribution in [2.75, 3.05) is 32.8 Å². The van der Waals surface area contributed by atoms with Crippen LogP contribution >= 0.6 is 0 Å². The second kappa shape index (κ2) is 13.2. The van der Waals surface area contributed by atoms with Gasteiger partial charge in [0.05, 0.1) is 6.54 Å². The molecular formula is C19H32N4O2. The summed E-state index contributed by atoms with van der Waals surface area (Å²) in [5.41, 5.74) is 1.68. The molecule has 6 heteroatoms. The number of nitrogens with one attached hydrogen (secondary N) is 3. The maximum Gasteiger partial charge on any atom is 0.251 e. The first-order valence-electron chi connectivity index (χ1n) is 9.18. The minimum atomic E-state index is -0.0485. The molecule has 6 nitrogen and oxygen atoms in total. The average Bonchev–Trinajstić information content (AvgIpc) is 2.63. The Balaban J connectivity index is 2.53. The molecule has 0 unspecified atom stereocenters. The molecule has 1 rings (SSSR count). The number of hydrogen-bond acceptors (Lipinski definition) is 3. The van der Waals surface area contributed by atoms with Gasteiger partial charge in [0.15, 0.2) is 5.96 Å². The summed E-state index contributed by atoms with van der Waals surface area (Å²) < 4.78 is 5.33. The van der Waals surface area contributed by atoms with E-state index in [0.717, 1.165) is 50.7 Å². The van der Waals surface area contributed by atoms with Crippen LogP contribution in [0.5, 0.6) is 0 Å². The van der Waals surface area contributed by atoms with Gasteiger partial charge in [-0.1, -0.05) is 12.1 Å². The maximum atomic E-state index is 11.9. The van der Waals surface area contributed by atoms with E-state index in [2.05, 4.69) is 20.9 Å². The molecule has 25 heavy (non-hydrogen) atoms. The molecular weight excluding hydrogens is 316 g/mol. The molecule has 0 heterocycles. The van der Waals surface area contributed by atoms with E-state index in [1.54, 1.807) is 0 Å². The zero-order valence-corrected chi connectivity index (χ0v) is 15.7. The Kier molecular flexibility index (Phi) is 11.1. The fraction of sp³-hybridized carbons (Fsp3) is 0.579. The largest absolute Gasteiger partial charge is 0.382 e. The van der Waals surface area contributed by atoms with Gasteiger partial charge < -0.3 is 20.7 Å². The predicted molar refractivity (Wildman–Crippen MR) is 103 cm³/mol. The van der Waals surface area contributed by atoms with Crippen molar-refractivity contribution in [1.29, 1.82) is 0 Å². The number of benzene rings is 1. The van der Waals surface area contributed by atoms with Crippen molar-refractivity contribution in [3.8, 4) is 0 Å². The van der Waals surface area contributed by atoms with E-state index in [-0.39, 0.29) is 5.91 Å². The molecule has 1 amide bonds. The van der Waals surface area contributed by atoms with Gasteiger partial charge >= 0.3 is 0 Å². The second-order valence-electron chi connectivity index (χ2n) is 5.59. The fourth-order valence-corrected chi connectivity index (χ4v) is 2.27. The topological polar surface area (TPSA) is 74.8 Å². The van der Waals surface area contributed by atoms with Gasteiger partial charge in [0.2, 0.25) is 0 Å². The minimum Gasteiger partial charge on any atom is -0.382 e. The zero-order chi connectivity index (χ0) is 18.3. The standard InChI is InChI=1S/C19H32N4O2/c1-4-20-18(24)17-11-9-10-16(14-17)15-23-19(21-5-2)22-12-7-8-13-25-6-3/h9-11,14H,4-8,12-13,15H2,1-3H3,(H,20,24)(H2,21,22,23). The molecule has 0 aromatic heterocycles. The van der Waals surface area contributed by atoms with Crippen molar-refractivity contribution < 1.29 is 9.53 Å². The highest BCUT2D eigenvalue weighted by Gasteiger charge is 2.04. The Hall–Kier alpha value is -2.08. The Bertz CT molecular complexity index is 532. The summed E-state index contributed by atoms with van der Waals surface area (Å²) >= 11 is 0. The smallest absolute Gasteiger partial charge is 0.251 e. The molecule has 0 fully saturated rings. The van der Waals surface area contributed by atoms with Gasteiger partial charge in [0.1, 0.15) is 0 Å². The minimum absolute atomic E-state index is 0.0485. The summed E-state index contributed by atoms with van der Waals surface area (Å²) in [6.07, 6.45) is 2.08. The summed E-state index contributed by atoms with van der Waals surface area (Å²) in [4.78, 5) is 16.5. The number of carbonyl (C=O) groups excluding carboxylic acids is 1. The van der Waals surface area contributed by atoms with Crippen molar-refractivity contribution >= 4 is 11.9 Å². The lowest BCUT2D eigenvalue weighted by Crippen LogP contribution is -2.37. The summed E-state index contributed by atoms with van der Waals surface area (Å²) in [6, 6.07) is 7.58. The van der Waals surface area contributed by atoms with Crippen LogP contribution in [0, 0.1) is 0 Å². The lowest BCUT2D eigenvalue weighted by atomic mass is 10.1. The monoisotopic (exact) mass is 348 g/mol. The van der Waals surface area contributed by atoms with Gasteiger partial charge in [0.25, 0.3) is 5.91 Å². The highest BCUT2D eigenvalue weighted by Crippen LogP contribution is 2.06. The highest BCUT2D eigenvalue weighted by molar-refractivity contribution is 5.94. The first-order valence-corrected chi connectivity index (χ1v) is 9.18. The number of ether oxygens (including phenoxy) is 1. The number of nitrogens with zero attached hydrogens (tertiary/aromatic N) is 1. The van der Waals surface area contributed by atoms with Crippen molar-refractivity contribution in [1.82, 2.24) is 16.0 Å². The first-order chi connectivity index (χ1) is 12.2. The van der Waals surface area contributed by atoms with Crippen LogP contribution in [0.3, 0.4) is 0 Å². The van der Waals surface area contributed by atoms with Crippen LogP contribution in [0.4, 0.5) is 0 Å². The van der Waals surface area contributed by atoms with E-state index < -0.39 is 0 Å². The highest BCUT2D eigenvalue weighted by atomic mass is 16.5. The van der Waals surface area contributed by atoms with Crippen LogP contribution < -0.4 is 16.0 Å². The lowest BCUT2D eigenvalue weighted by molar-refractivity contribution is 0.0955. The number of rotatable bonds is 11. The number of carbonyl (C=O) groups is 1. The number of guanidine groups is 1. The van der Waals surface area contributed by atoms with E-state index in [4.69, 9.17) is 4.74 Å². The number of hydrogen-bond donors (Lipinski definition) is 3. The molecule has 0 bridgehead atoms. The molecule has 1 aromatic rings. The van der Waals surface area contributed by atoms with Gasteiger partial charge in [-0.25, -0.2) is 4.99 Å². The van der Waals surface area contributed by atoms with Gasteiger partial charge in [0, 0.05) is 38.4 Å². The molecule has 0 saturated heterocycles. The van der Waals surface area contributed by atoms with Gasteiger partial charge in [-0.3, -0.25) is 4.79 Å². The SMILES string of the molecule is CCNC(=O)c1cccc(CN=C(NCC)NCCCCOCC)c1. The van der Waals surface area contributed by atoms with E-state index in [1.165, 1.54) is 0 Å². The third-order valence-electron chi connectivity index (χ3n) is 3.50. The molecule has 0 aliphatic carbocycles. The van der Waals surface area contributed by atoms with Crippen molar-refractivity contribution in [2.45, 2.75) is 40.2 Å². The molecule has 0 atom stereocenters. The van der Waals surface area contributed by atoms with Crippen LogP contribution in [0.1, 0.15) is 49.5 Å². The molecule has 3 N–H and O–H groups in total. The average molecular weight is 348 g/mol. The Morgan fingerprint density at radius 2 is 1.88 bits per heavy atom. The van der Waals surface area contributed by atoms with E-state index in [9.17, 15) is 4.79 Å². The first kappa shape index (κ1) is 21.0. The number of amides is 1. The van der Waals surface area contributed by atoms with Crippen LogP contribution in [0.2, 0.25) is 0 Å². The molecule has 140 valence electrons. The number of unbranched alkanes of at least 4 members (excludes halogenated alkanes) is 1. The van der Waals surface area contributed by atoms with Crippen molar-refractivity contribution in [2.24, 2.45) is 4.99 Å². The molecule has 0 saturated carbocycles. The maximum absolute atomic E-state index is 11.9. The van der Waals surface area contributed by atoms with E-state index in [0.29, 0.717) is 18.7 Å². The van der Waals surface area contributed by atoms with E-state index >= 15 is 0 Å². The van der Waals surface area contributed by atoms with E-state index in [1.807, 2.05) is 45.0 Å². The molecule has 0 aliphatic rings. The van der Waals surface area contributed by atoms with Crippen molar-refractivity contribution in [3.05, 3.63) is 35.4 Å². The summed E-state index contributed by atoms with van der Waals surface area (Å²) in [7, 11) is 0. The Morgan fingerprint density at radius 1 is 1.08 bits per heavy atom. The predicted octanol–water partition coefficient (Wildman–Crippen LogP) is 2.31. The number of aliphatic imine (C=N–C) groups is 1. The Morgan fingerprint density at radius 3 is 2.60 bits per heavy atom. The quantitative estimate of drug-likeness (QED) is 0.326. The lowest BCUT2D eigenvalue weighted by Gasteiger charge is -2.11. The Labute approximate surface area is 151 Å². The third-order valence-corrected chi connectivity index (χ3v) is 3.50. The molecule has 0 radical (unpaired) electrons. The van der Waals surface area contributed by atoms with Gasteiger partial charge in [-0.05, 0) is 51.3 Å². The zero-order valence-electron chi connectivity index (χ0n) is 15.7. The van der Waals surface area contributed by atoms with Crippen LogP contribution in [-0.2, 0) is 11.3 Å². The van der Waals surface area contributed by atoms with Crippen molar-refractivity contribution in [3.63, 3.8) is 0 Å².